The van der Waals surface area contributed by atoms with Crippen LogP contribution in [0.2, 0.25) is 0 Å². The van der Waals surface area contributed by atoms with E-state index in [-0.39, 0.29) is 32.0 Å². The Balaban J connectivity index is 0.00000316. The number of nitrogens with one attached hydrogen (secondary N) is 1. The first-order chi connectivity index (χ1) is 17.2. The van der Waals surface area contributed by atoms with Crippen LogP contribution in [0.3, 0.4) is 0 Å². The monoisotopic (exact) mass is 505 g/mol. The van der Waals surface area contributed by atoms with Crippen molar-refractivity contribution >= 4 is 17.5 Å². The first kappa shape index (κ1) is 30.7. The topological polar surface area (TPSA) is 121 Å². The fourth-order valence-corrected chi connectivity index (χ4v) is 3.52. The summed E-state index contributed by atoms with van der Waals surface area (Å²) in [7, 11) is 1.44. The lowest BCUT2D eigenvalue weighted by molar-refractivity contribution is -0.466. The average molecular weight is 506 g/mol. The molecule has 0 bridgehead atoms. The molecule has 0 saturated carbocycles. The summed E-state index contributed by atoms with van der Waals surface area (Å²) in [6, 6.07) is 0. The molecule has 2 amide bonds. The van der Waals surface area contributed by atoms with E-state index in [2.05, 4.69) is 30.0 Å². The molecule has 0 spiro atoms. The lowest BCUT2D eigenvalue weighted by Crippen LogP contribution is -2.56. The van der Waals surface area contributed by atoms with Crippen molar-refractivity contribution in [2.24, 2.45) is 4.99 Å². The van der Waals surface area contributed by atoms with Crippen molar-refractivity contribution < 1.29 is 34.0 Å². The number of allylic oxidation sites excluding steroid dienone is 6. The molecule has 0 aliphatic carbocycles. The van der Waals surface area contributed by atoms with Crippen LogP contribution >= 0.6 is 0 Å². The smallest absolute Gasteiger partial charge is 0.267 e. The van der Waals surface area contributed by atoms with Gasteiger partial charge in [-0.1, -0.05) is 37.3 Å². The molecule has 0 radical (unpaired) electrons. The molecule has 1 saturated heterocycles. The molecule has 2 heterocycles. The van der Waals surface area contributed by atoms with Crippen LogP contribution in [0.1, 0.15) is 33.1 Å². The Labute approximate surface area is 211 Å². The molecular formula is C26H36FN3O6. The number of carbonyl (C=O) groups excluding carboxylic acids is 2. The molecule has 0 aromatic rings. The normalized spacial score (nSPS) is 22.5. The highest BCUT2D eigenvalue weighted by Crippen LogP contribution is 2.31. The van der Waals surface area contributed by atoms with Gasteiger partial charge in [0.1, 0.15) is 29.3 Å². The lowest BCUT2D eigenvalue weighted by Gasteiger charge is -2.42. The van der Waals surface area contributed by atoms with Gasteiger partial charge in [0.05, 0.1) is 18.8 Å². The quantitative estimate of drug-likeness (QED) is 0.171. The summed E-state index contributed by atoms with van der Waals surface area (Å²) in [5.41, 5.74) is 0.0193. The predicted octanol–water partition coefficient (Wildman–Crippen LogP) is 3.38. The second-order valence-electron chi connectivity index (χ2n) is 8.06. The molecule has 1 atom stereocenters. The van der Waals surface area contributed by atoms with Gasteiger partial charge in [0, 0.05) is 13.6 Å². The van der Waals surface area contributed by atoms with Crippen LogP contribution in [0, 0.1) is 0 Å². The fourth-order valence-electron chi connectivity index (χ4n) is 3.52. The van der Waals surface area contributed by atoms with Gasteiger partial charge in [0.2, 0.25) is 0 Å². The van der Waals surface area contributed by atoms with Crippen LogP contribution < -0.4 is 5.32 Å². The molecule has 2 aliphatic rings. The van der Waals surface area contributed by atoms with E-state index in [1.165, 1.54) is 18.0 Å². The van der Waals surface area contributed by atoms with Gasteiger partial charge in [0.25, 0.3) is 11.8 Å². The Morgan fingerprint density at radius 3 is 2.53 bits per heavy atom. The molecule has 1 fully saturated rings. The summed E-state index contributed by atoms with van der Waals surface area (Å²) in [5.74, 6) is -2.63. The number of hydrogen-bond donors (Lipinski definition) is 3. The van der Waals surface area contributed by atoms with Crippen molar-refractivity contribution in [3.05, 3.63) is 72.5 Å². The zero-order chi connectivity index (χ0) is 27.3. The van der Waals surface area contributed by atoms with Crippen molar-refractivity contribution in [1.29, 1.82) is 0 Å². The van der Waals surface area contributed by atoms with Crippen LogP contribution in [0.5, 0.6) is 0 Å². The molecule has 0 aromatic carbocycles. The molecular weight excluding hydrogens is 469 g/mol. The van der Waals surface area contributed by atoms with Crippen molar-refractivity contribution in [2.45, 2.75) is 38.7 Å². The standard InChI is InChI=1S/C24H32FN3O6.C2H4/c1-5-7-17(11-10-16(2)25)8-6-9-18-20(26-4)21(30)19(22(31)27-12-13-29)23(32)28(18)14-24(3)15-33-34-24;1-2/h7,9-11,29-30H,2,5-6,8,12-15H2,1,3-4H3,(H,27,31);1-2H2/b11-10-,17-7-,18-9+,26-20?;. The fraction of sp³-hybridized carbons (Fsp3) is 0.423. The Morgan fingerprint density at radius 2 is 2.03 bits per heavy atom. The number of rotatable bonds is 11. The molecule has 198 valence electrons. The van der Waals surface area contributed by atoms with Crippen molar-refractivity contribution in [1.82, 2.24) is 10.2 Å². The third-order valence-corrected chi connectivity index (χ3v) is 5.13. The van der Waals surface area contributed by atoms with E-state index in [9.17, 15) is 19.1 Å². The summed E-state index contributed by atoms with van der Waals surface area (Å²) in [5, 5.41) is 22.2. The van der Waals surface area contributed by atoms with Gasteiger partial charge in [-0.25, -0.2) is 14.2 Å². The van der Waals surface area contributed by atoms with E-state index in [4.69, 9.17) is 14.9 Å². The van der Waals surface area contributed by atoms with E-state index in [0.717, 1.165) is 12.0 Å². The van der Waals surface area contributed by atoms with E-state index < -0.39 is 34.6 Å². The average Bonchev–Trinajstić information content (AvgIpc) is 2.83. The van der Waals surface area contributed by atoms with E-state index in [1.807, 2.05) is 13.0 Å². The lowest BCUT2D eigenvalue weighted by atomic mass is 9.96. The van der Waals surface area contributed by atoms with E-state index >= 15 is 0 Å². The van der Waals surface area contributed by atoms with Gasteiger partial charge < -0.3 is 20.4 Å². The molecule has 2 aliphatic heterocycles. The summed E-state index contributed by atoms with van der Waals surface area (Å²) in [6.07, 6.45) is 8.36. The molecule has 10 heteroatoms. The number of hydrogen-bond acceptors (Lipinski definition) is 7. The Morgan fingerprint density at radius 1 is 1.36 bits per heavy atom. The third kappa shape index (κ3) is 8.11. The predicted molar refractivity (Wildman–Crippen MR) is 137 cm³/mol. The van der Waals surface area contributed by atoms with Crippen molar-refractivity contribution in [3.63, 3.8) is 0 Å². The van der Waals surface area contributed by atoms with Crippen molar-refractivity contribution in [2.75, 3.05) is 33.4 Å². The second-order valence-corrected chi connectivity index (χ2v) is 8.06. The number of aliphatic hydroxyl groups is 2. The Kier molecular flexibility index (Phi) is 12.7. The molecule has 36 heavy (non-hydrogen) atoms. The first-order valence-corrected chi connectivity index (χ1v) is 11.5. The van der Waals surface area contributed by atoms with Crippen molar-refractivity contribution in [3.8, 4) is 0 Å². The molecule has 1 unspecified atom stereocenters. The summed E-state index contributed by atoms with van der Waals surface area (Å²) in [4.78, 5) is 41.4. The van der Waals surface area contributed by atoms with Crippen LogP contribution in [0.25, 0.3) is 0 Å². The highest BCUT2D eigenvalue weighted by molar-refractivity contribution is 6.30. The minimum Gasteiger partial charge on any atom is -0.505 e. The van der Waals surface area contributed by atoms with Gasteiger partial charge in [-0.3, -0.25) is 14.6 Å². The van der Waals surface area contributed by atoms with Gasteiger partial charge in [0.15, 0.2) is 5.76 Å². The second kappa shape index (κ2) is 14.9. The molecule has 3 N–H and O–H groups in total. The number of amides is 2. The maximum absolute atomic E-state index is 13.3. The minimum atomic E-state index is -0.817. The highest BCUT2D eigenvalue weighted by Gasteiger charge is 2.45. The van der Waals surface area contributed by atoms with Gasteiger partial charge in [-0.05, 0) is 32.3 Å². The number of aliphatic hydroxyl groups excluding tert-OH is 2. The molecule has 2 rings (SSSR count). The van der Waals surface area contributed by atoms with Crippen LogP contribution in [-0.2, 0) is 19.4 Å². The van der Waals surface area contributed by atoms with Crippen LogP contribution in [-0.4, -0.2) is 71.6 Å². The number of nitrogens with zero attached hydrogens (tertiary/aromatic N) is 2. The molecule has 0 aromatic heterocycles. The number of halogens is 1. The summed E-state index contributed by atoms with van der Waals surface area (Å²) >= 11 is 0. The molecule has 9 nitrogen and oxygen atoms in total. The number of carbonyl (C=O) groups is 2. The maximum Gasteiger partial charge on any atom is 0.267 e. The SMILES string of the molecule is C=C.C=C(F)/C=C\C(=C/CC)CC/C=C1\C(=NC)C(O)=C(C(=O)NCCO)C(=O)N1CC1(C)COO1. The Hall–Kier alpha value is -3.34. The van der Waals surface area contributed by atoms with Gasteiger partial charge >= 0.3 is 0 Å². The van der Waals surface area contributed by atoms with Gasteiger partial charge in [-0.2, -0.15) is 0 Å². The zero-order valence-electron chi connectivity index (χ0n) is 21.2. The van der Waals surface area contributed by atoms with E-state index in [1.54, 1.807) is 19.1 Å². The van der Waals surface area contributed by atoms with Gasteiger partial charge in [-0.15, -0.1) is 13.2 Å². The van der Waals surface area contributed by atoms with Crippen LogP contribution in [0.15, 0.2) is 77.5 Å². The first-order valence-electron chi connectivity index (χ1n) is 11.5. The summed E-state index contributed by atoms with van der Waals surface area (Å²) in [6.45, 7) is 12.8. The maximum atomic E-state index is 13.3. The third-order valence-electron chi connectivity index (χ3n) is 5.13. The zero-order valence-corrected chi connectivity index (χ0v) is 21.2. The highest BCUT2D eigenvalue weighted by atomic mass is 19.1. The minimum absolute atomic E-state index is 0.0555. The summed E-state index contributed by atoms with van der Waals surface area (Å²) < 4.78 is 13.0. The Bertz CT molecular complexity index is 976. The number of aliphatic imine (C=N–C) groups is 1. The van der Waals surface area contributed by atoms with E-state index in [0.29, 0.717) is 18.5 Å². The largest absolute Gasteiger partial charge is 0.505 e. The van der Waals surface area contributed by atoms with Crippen LogP contribution in [0.4, 0.5) is 4.39 Å².